The van der Waals surface area contributed by atoms with Gasteiger partial charge in [0.25, 0.3) is 0 Å². The van der Waals surface area contributed by atoms with Crippen molar-refractivity contribution in [1.29, 1.82) is 0 Å². The van der Waals surface area contributed by atoms with E-state index in [1.165, 1.54) is 11.3 Å². The monoisotopic (exact) mass is 457 g/mol. The molecule has 6 nitrogen and oxygen atoms in total. The molecule has 0 bridgehead atoms. The minimum atomic E-state index is 0.0470. The van der Waals surface area contributed by atoms with Crippen molar-refractivity contribution in [3.05, 3.63) is 71.8 Å². The Morgan fingerprint density at radius 1 is 1.00 bits per heavy atom. The molecule has 4 rings (SSSR count). The van der Waals surface area contributed by atoms with Crippen LogP contribution >= 0.6 is 0 Å². The first-order chi connectivity index (χ1) is 16.6. The van der Waals surface area contributed by atoms with Gasteiger partial charge in [0.2, 0.25) is 5.91 Å². The van der Waals surface area contributed by atoms with Gasteiger partial charge in [0.1, 0.15) is 0 Å². The molecule has 178 valence electrons. The standard InChI is InChI=1S/C28H35N5O/c1-4-32(5-2)25-11-9-22(10-12-25)20-29-28(34)23-15-17-33(18-16-23)27-14-13-26(30-31-27)24-8-6-7-21(3)19-24/h6-14,19,23H,4-5,15-18,20H2,1-3H3,(H,29,34). The van der Waals surface area contributed by atoms with Gasteiger partial charge >= 0.3 is 0 Å². The van der Waals surface area contributed by atoms with Gasteiger partial charge in [-0.1, -0.05) is 35.9 Å². The zero-order valence-corrected chi connectivity index (χ0v) is 20.5. The van der Waals surface area contributed by atoms with E-state index in [4.69, 9.17) is 0 Å². The molecule has 0 atom stereocenters. The lowest BCUT2D eigenvalue weighted by Gasteiger charge is -2.31. The van der Waals surface area contributed by atoms with Gasteiger partial charge in [-0.15, -0.1) is 10.2 Å². The lowest BCUT2D eigenvalue weighted by atomic mass is 9.96. The summed E-state index contributed by atoms with van der Waals surface area (Å²) in [6.07, 6.45) is 1.65. The van der Waals surface area contributed by atoms with Crippen molar-refractivity contribution in [2.45, 2.75) is 40.2 Å². The van der Waals surface area contributed by atoms with Crippen LogP contribution < -0.4 is 15.1 Å². The molecule has 0 spiro atoms. The van der Waals surface area contributed by atoms with Gasteiger partial charge in [-0.2, -0.15) is 0 Å². The number of anilines is 2. The van der Waals surface area contributed by atoms with E-state index in [9.17, 15) is 4.79 Å². The molecule has 6 heteroatoms. The molecule has 1 fully saturated rings. The van der Waals surface area contributed by atoms with Crippen molar-refractivity contribution in [2.24, 2.45) is 5.92 Å². The molecule has 0 radical (unpaired) electrons. The second kappa shape index (κ2) is 11.1. The molecule has 2 aromatic carbocycles. The van der Waals surface area contributed by atoms with Crippen LogP contribution in [0.25, 0.3) is 11.3 Å². The molecule has 3 aromatic rings. The van der Waals surface area contributed by atoms with Crippen LogP contribution in [-0.2, 0) is 11.3 Å². The highest BCUT2D eigenvalue weighted by Crippen LogP contribution is 2.24. The van der Waals surface area contributed by atoms with Crippen LogP contribution in [0.3, 0.4) is 0 Å². The summed E-state index contributed by atoms with van der Waals surface area (Å²) < 4.78 is 0. The summed E-state index contributed by atoms with van der Waals surface area (Å²) >= 11 is 0. The Hall–Kier alpha value is -3.41. The van der Waals surface area contributed by atoms with Gasteiger partial charge < -0.3 is 15.1 Å². The molecule has 34 heavy (non-hydrogen) atoms. The first-order valence-electron chi connectivity index (χ1n) is 12.3. The first kappa shape index (κ1) is 23.7. The highest BCUT2D eigenvalue weighted by Gasteiger charge is 2.25. The number of aryl methyl sites for hydroxylation is 1. The predicted octanol–water partition coefficient (Wildman–Crippen LogP) is 4.83. The summed E-state index contributed by atoms with van der Waals surface area (Å²) in [7, 11) is 0. The van der Waals surface area contributed by atoms with Gasteiger partial charge in [0, 0.05) is 49.9 Å². The fraction of sp³-hybridized carbons (Fsp3) is 0.393. The smallest absolute Gasteiger partial charge is 0.223 e. The zero-order chi connectivity index (χ0) is 23.9. The van der Waals surface area contributed by atoms with E-state index in [1.54, 1.807) is 0 Å². The molecule has 0 unspecified atom stereocenters. The third-order valence-corrected chi connectivity index (χ3v) is 6.69. The number of nitrogens with one attached hydrogen (secondary N) is 1. The van der Waals surface area contributed by atoms with Crippen LogP contribution in [0.4, 0.5) is 11.5 Å². The van der Waals surface area contributed by atoms with Crippen LogP contribution in [0.5, 0.6) is 0 Å². The topological polar surface area (TPSA) is 61.4 Å². The van der Waals surface area contributed by atoms with E-state index in [0.29, 0.717) is 6.54 Å². The maximum absolute atomic E-state index is 12.7. The Morgan fingerprint density at radius 2 is 1.74 bits per heavy atom. The van der Waals surface area contributed by atoms with Crippen LogP contribution in [0.15, 0.2) is 60.7 Å². The normalized spacial score (nSPS) is 14.1. The lowest BCUT2D eigenvalue weighted by molar-refractivity contribution is -0.125. The van der Waals surface area contributed by atoms with Crippen LogP contribution in [0, 0.1) is 12.8 Å². The Labute approximate surface area is 203 Å². The Balaban J connectivity index is 1.26. The van der Waals surface area contributed by atoms with Crippen molar-refractivity contribution in [1.82, 2.24) is 15.5 Å². The Morgan fingerprint density at radius 3 is 2.35 bits per heavy atom. The molecule has 1 N–H and O–H groups in total. The molecule has 2 heterocycles. The van der Waals surface area contributed by atoms with Gasteiger partial charge in [0.05, 0.1) is 5.69 Å². The van der Waals surface area contributed by atoms with Gasteiger partial charge in [-0.05, 0) is 69.5 Å². The molecule has 0 saturated carbocycles. The average molecular weight is 458 g/mol. The first-order valence-corrected chi connectivity index (χ1v) is 12.3. The van der Waals surface area contributed by atoms with Crippen molar-refractivity contribution in [2.75, 3.05) is 36.0 Å². The molecule has 1 saturated heterocycles. The second-order valence-electron chi connectivity index (χ2n) is 8.96. The Bertz CT molecular complexity index is 1070. The summed E-state index contributed by atoms with van der Waals surface area (Å²) in [6.45, 7) is 10.6. The average Bonchev–Trinajstić information content (AvgIpc) is 2.89. The van der Waals surface area contributed by atoms with E-state index in [1.807, 2.05) is 18.2 Å². The van der Waals surface area contributed by atoms with Crippen LogP contribution in [-0.4, -0.2) is 42.3 Å². The lowest BCUT2D eigenvalue weighted by Crippen LogP contribution is -2.40. The molecule has 0 aliphatic carbocycles. The maximum atomic E-state index is 12.7. The number of aromatic nitrogens is 2. The van der Waals surface area contributed by atoms with Crippen molar-refractivity contribution in [3.63, 3.8) is 0 Å². The number of carbonyl (C=O) groups excluding carboxylic acids is 1. The molecular formula is C28H35N5O. The molecule has 1 aromatic heterocycles. The number of carbonyl (C=O) groups is 1. The predicted molar refractivity (Wildman–Crippen MR) is 139 cm³/mol. The minimum Gasteiger partial charge on any atom is -0.372 e. The molecule has 1 aliphatic heterocycles. The van der Waals surface area contributed by atoms with Crippen molar-refractivity contribution >= 4 is 17.4 Å². The summed E-state index contributed by atoms with van der Waals surface area (Å²) in [5, 5.41) is 12.0. The Kier molecular flexibility index (Phi) is 7.78. The van der Waals surface area contributed by atoms with Gasteiger partial charge in [-0.3, -0.25) is 4.79 Å². The van der Waals surface area contributed by atoms with Gasteiger partial charge in [-0.25, -0.2) is 0 Å². The van der Waals surface area contributed by atoms with Gasteiger partial charge in [0.15, 0.2) is 5.82 Å². The summed E-state index contributed by atoms with van der Waals surface area (Å²) in [5.74, 6) is 1.07. The minimum absolute atomic E-state index is 0.0470. The largest absolute Gasteiger partial charge is 0.372 e. The van der Waals surface area contributed by atoms with E-state index < -0.39 is 0 Å². The van der Waals surface area contributed by atoms with Crippen molar-refractivity contribution < 1.29 is 4.79 Å². The quantitative estimate of drug-likeness (QED) is 0.525. The molecular weight excluding hydrogens is 422 g/mol. The number of hydrogen-bond donors (Lipinski definition) is 1. The van der Waals surface area contributed by atoms with E-state index in [0.717, 1.165) is 61.7 Å². The number of piperidine rings is 1. The van der Waals surface area contributed by atoms with E-state index in [2.05, 4.69) is 88.5 Å². The SMILES string of the molecule is CCN(CC)c1ccc(CNC(=O)C2CCN(c3ccc(-c4cccc(C)c4)nn3)CC2)cc1. The zero-order valence-electron chi connectivity index (χ0n) is 20.5. The number of hydrogen-bond acceptors (Lipinski definition) is 5. The number of benzene rings is 2. The number of nitrogens with zero attached hydrogens (tertiary/aromatic N) is 4. The fourth-order valence-electron chi connectivity index (χ4n) is 4.57. The number of amides is 1. The van der Waals surface area contributed by atoms with E-state index in [-0.39, 0.29) is 11.8 Å². The highest BCUT2D eigenvalue weighted by atomic mass is 16.1. The third-order valence-electron chi connectivity index (χ3n) is 6.69. The van der Waals surface area contributed by atoms with Crippen LogP contribution in [0.1, 0.15) is 37.8 Å². The highest BCUT2D eigenvalue weighted by molar-refractivity contribution is 5.79. The fourth-order valence-corrected chi connectivity index (χ4v) is 4.57. The summed E-state index contributed by atoms with van der Waals surface area (Å²) in [4.78, 5) is 17.3. The third kappa shape index (κ3) is 5.74. The summed E-state index contributed by atoms with van der Waals surface area (Å²) in [6, 6.07) is 20.8. The van der Waals surface area contributed by atoms with E-state index >= 15 is 0 Å². The van der Waals surface area contributed by atoms with Crippen molar-refractivity contribution in [3.8, 4) is 11.3 Å². The number of rotatable bonds is 8. The molecule has 1 aliphatic rings. The summed E-state index contributed by atoms with van der Waals surface area (Å²) in [5.41, 5.74) is 5.53. The van der Waals surface area contributed by atoms with Crippen LogP contribution in [0.2, 0.25) is 0 Å². The maximum Gasteiger partial charge on any atom is 0.223 e. The second-order valence-corrected chi connectivity index (χ2v) is 8.96. The molecule has 1 amide bonds.